The molecule has 0 aliphatic heterocycles. The van der Waals surface area contributed by atoms with Gasteiger partial charge in [0, 0.05) is 6.07 Å². The van der Waals surface area contributed by atoms with E-state index >= 15 is 0 Å². The summed E-state index contributed by atoms with van der Waals surface area (Å²) in [5.41, 5.74) is 0.510. The summed E-state index contributed by atoms with van der Waals surface area (Å²) in [5.74, 6) is 0. The van der Waals surface area contributed by atoms with Gasteiger partial charge in [-0.25, -0.2) is 0 Å². The molecule has 0 aromatic heterocycles. The van der Waals surface area contributed by atoms with E-state index in [4.69, 9.17) is 13.0 Å². The third kappa shape index (κ3) is 2.06. The molecule has 5 heteroatoms. The van der Waals surface area contributed by atoms with E-state index in [1.165, 1.54) is 18.2 Å². The molecule has 1 rings (SSSR count). The molecule has 0 aliphatic rings. The van der Waals surface area contributed by atoms with Gasteiger partial charge in [-0.05, 0) is 24.0 Å². The van der Waals surface area contributed by atoms with Crippen molar-refractivity contribution >= 4 is 19.0 Å². The summed E-state index contributed by atoms with van der Waals surface area (Å²) in [6, 6.07) is 4.18. The van der Waals surface area contributed by atoms with Crippen LogP contribution in [-0.4, -0.2) is 17.9 Å². The summed E-state index contributed by atoms with van der Waals surface area (Å²) in [5, 5.41) is 19.5. The topological polar surface area (TPSA) is 63.4 Å². The number of hydrogen-bond donors (Lipinski definition) is 1. The Balaban J connectivity index is 3.13. The lowest BCUT2D eigenvalue weighted by Crippen LogP contribution is -2.11. The molecule has 1 unspecified atom stereocenters. The summed E-state index contributed by atoms with van der Waals surface area (Å²) < 4.78 is 0. The molecular weight excluding hydrogens is 169 g/mol. The van der Waals surface area contributed by atoms with E-state index in [0.29, 0.717) is 5.56 Å². The van der Waals surface area contributed by atoms with Crippen molar-refractivity contribution < 1.29 is 10.0 Å². The predicted molar refractivity (Wildman–Crippen MR) is 49.1 cm³/mol. The lowest BCUT2D eigenvalue weighted by Gasteiger charge is -2.05. The molecular formula is C8H8BNO3. The van der Waals surface area contributed by atoms with Crippen molar-refractivity contribution in [1.82, 2.24) is 0 Å². The third-order valence-corrected chi connectivity index (χ3v) is 1.73. The molecule has 13 heavy (non-hydrogen) atoms. The fourth-order valence-electron chi connectivity index (χ4n) is 0.999. The highest BCUT2D eigenvalue weighted by atomic mass is 16.6. The van der Waals surface area contributed by atoms with E-state index < -0.39 is 11.0 Å². The molecule has 0 amide bonds. The Kier molecular flexibility index (Phi) is 2.68. The molecule has 4 nitrogen and oxygen atoms in total. The lowest BCUT2D eigenvalue weighted by molar-refractivity contribution is -0.383. The zero-order valence-electron chi connectivity index (χ0n) is 7.10. The Morgan fingerprint density at radius 3 is 2.62 bits per heavy atom. The van der Waals surface area contributed by atoms with Crippen molar-refractivity contribution in [3.63, 3.8) is 0 Å². The van der Waals surface area contributed by atoms with Crippen LogP contribution < -0.4 is 5.46 Å². The monoisotopic (exact) mass is 177 g/mol. The van der Waals surface area contributed by atoms with Gasteiger partial charge in [-0.1, -0.05) is 6.07 Å². The first-order valence-electron chi connectivity index (χ1n) is 3.74. The zero-order chi connectivity index (χ0) is 10.0. The van der Waals surface area contributed by atoms with Crippen LogP contribution in [0.4, 0.5) is 5.69 Å². The number of aliphatic hydroxyl groups excluding tert-OH is 1. The van der Waals surface area contributed by atoms with Crippen LogP contribution in [0.5, 0.6) is 0 Å². The summed E-state index contributed by atoms with van der Waals surface area (Å²) in [7, 11) is 5.41. The van der Waals surface area contributed by atoms with Crippen molar-refractivity contribution in [3.8, 4) is 0 Å². The van der Waals surface area contributed by atoms with Crippen LogP contribution in [0.25, 0.3) is 0 Å². The fraction of sp³-hybridized carbons (Fsp3) is 0.250. The molecule has 1 aromatic rings. The van der Waals surface area contributed by atoms with Crippen molar-refractivity contribution in [3.05, 3.63) is 33.9 Å². The number of hydrogen-bond acceptors (Lipinski definition) is 3. The average Bonchev–Trinajstić information content (AvgIpc) is 2.03. The van der Waals surface area contributed by atoms with E-state index in [0.717, 1.165) is 0 Å². The molecule has 0 heterocycles. The minimum Gasteiger partial charge on any atom is -0.389 e. The Hall–Kier alpha value is -1.36. The number of nitro benzene ring substituents is 1. The lowest BCUT2D eigenvalue weighted by atomic mass is 9.91. The normalized spacial score (nSPS) is 12.5. The first kappa shape index (κ1) is 9.73. The highest BCUT2D eigenvalue weighted by Gasteiger charge is 2.10. The molecule has 0 aliphatic carbocycles. The minimum absolute atomic E-state index is 0.0726. The van der Waals surface area contributed by atoms with Gasteiger partial charge >= 0.3 is 0 Å². The van der Waals surface area contributed by atoms with Crippen LogP contribution in [-0.2, 0) is 0 Å². The number of nitro groups is 1. The zero-order valence-corrected chi connectivity index (χ0v) is 7.10. The van der Waals surface area contributed by atoms with Gasteiger partial charge in [-0.3, -0.25) is 10.1 Å². The molecule has 1 atom stereocenters. The molecule has 0 fully saturated rings. The molecule has 2 radical (unpaired) electrons. The van der Waals surface area contributed by atoms with E-state index in [-0.39, 0.29) is 11.2 Å². The second-order valence-corrected chi connectivity index (χ2v) is 2.75. The number of nitrogens with zero attached hydrogens (tertiary/aromatic N) is 1. The maximum atomic E-state index is 10.4. The van der Waals surface area contributed by atoms with Gasteiger partial charge in [0.2, 0.25) is 0 Å². The van der Waals surface area contributed by atoms with Crippen LogP contribution >= 0.6 is 0 Å². The van der Waals surface area contributed by atoms with Gasteiger partial charge in [-0.15, -0.1) is 0 Å². The van der Waals surface area contributed by atoms with Crippen molar-refractivity contribution in [2.75, 3.05) is 0 Å². The molecule has 0 bridgehead atoms. The predicted octanol–water partition coefficient (Wildman–Crippen LogP) is 0.442. The minimum atomic E-state index is -0.664. The van der Waals surface area contributed by atoms with Crippen LogP contribution in [0.1, 0.15) is 18.6 Å². The quantitative estimate of drug-likeness (QED) is 0.405. The highest BCUT2D eigenvalue weighted by Crippen LogP contribution is 2.14. The average molecular weight is 177 g/mol. The first-order chi connectivity index (χ1) is 6.02. The molecule has 0 spiro atoms. The molecule has 0 saturated carbocycles. The largest absolute Gasteiger partial charge is 0.389 e. The molecule has 1 aromatic carbocycles. The van der Waals surface area contributed by atoms with Crippen LogP contribution in [0.3, 0.4) is 0 Å². The van der Waals surface area contributed by atoms with Crippen molar-refractivity contribution in [1.29, 1.82) is 0 Å². The molecule has 1 N–H and O–H groups in total. The van der Waals surface area contributed by atoms with Crippen molar-refractivity contribution in [2.45, 2.75) is 13.0 Å². The van der Waals surface area contributed by atoms with E-state index in [1.807, 2.05) is 0 Å². The maximum absolute atomic E-state index is 10.4. The van der Waals surface area contributed by atoms with Gasteiger partial charge in [-0.2, -0.15) is 0 Å². The number of aliphatic hydroxyl groups is 1. The summed E-state index contributed by atoms with van der Waals surface area (Å²) in [6.07, 6.45) is -0.664. The first-order valence-corrected chi connectivity index (χ1v) is 3.74. The maximum Gasteiger partial charge on any atom is 0.262 e. The van der Waals surface area contributed by atoms with Gasteiger partial charge in [0.25, 0.3) is 5.69 Å². The summed E-state index contributed by atoms with van der Waals surface area (Å²) in [4.78, 5) is 9.81. The number of rotatable bonds is 2. The van der Waals surface area contributed by atoms with Crippen LogP contribution in [0.2, 0.25) is 0 Å². The molecule has 0 saturated heterocycles. The standard InChI is InChI=1S/C8H8BNO3/c1-5(11)6-2-3-8(10(12)13)7(9)4-6/h2-5,11H,1H3. The van der Waals surface area contributed by atoms with E-state index in [9.17, 15) is 10.1 Å². The van der Waals surface area contributed by atoms with Crippen LogP contribution in [0.15, 0.2) is 18.2 Å². The Morgan fingerprint density at radius 2 is 2.23 bits per heavy atom. The Labute approximate surface area is 76.8 Å². The SMILES string of the molecule is [B]c1cc(C(C)O)ccc1[N+](=O)[O-]. The van der Waals surface area contributed by atoms with E-state index in [2.05, 4.69) is 0 Å². The fourth-order valence-corrected chi connectivity index (χ4v) is 0.999. The van der Waals surface area contributed by atoms with E-state index in [1.54, 1.807) is 6.92 Å². The second-order valence-electron chi connectivity index (χ2n) is 2.75. The second kappa shape index (κ2) is 3.57. The van der Waals surface area contributed by atoms with Gasteiger partial charge in [0.05, 0.1) is 11.0 Å². The third-order valence-electron chi connectivity index (χ3n) is 1.73. The number of benzene rings is 1. The smallest absolute Gasteiger partial charge is 0.262 e. The van der Waals surface area contributed by atoms with Gasteiger partial charge < -0.3 is 5.11 Å². The summed E-state index contributed by atoms with van der Waals surface area (Å²) in [6.45, 7) is 1.57. The Bertz CT molecular complexity index is 338. The van der Waals surface area contributed by atoms with Gasteiger partial charge in [0.1, 0.15) is 7.85 Å². The summed E-state index contributed by atoms with van der Waals surface area (Å²) >= 11 is 0. The highest BCUT2D eigenvalue weighted by molar-refractivity contribution is 6.35. The van der Waals surface area contributed by atoms with Crippen LogP contribution in [0, 0.1) is 10.1 Å². The van der Waals surface area contributed by atoms with Gasteiger partial charge in [0.15, 0.2) is 0 Å². The van der Waals surface area contributed by atoms with Crippen molar-refractivity contribution in [2.24, 2.45) is 0 Å². The Morgan fingerprint density at radius 1 is 1.62 bits per heavy atom. The molecule has 66 valence electrons.